The third-order valence-electron chi connectivity index (χ3n) is 5.88. The summed E-state index contributed by atoms with van der Waals surface area (Å²) in [7, 11) is 0. The van der Waals surface area contributed by atoms with E-state index in [0.717, 1.165) is 11.1 Å². The topological polar surface area (TPSA) is 77.5 Å². The third-order valence-corrected chi connectivity index (χ3v) is 6.85. The van der Waals surface area contributed by atoms with E-state index in [-0.39, 0.29) is 12.5 Å². The molecule has 1 aromatic heterocycles. The van der Waals surface area contributed by atoms with Gasteiger partial charge in [0.05, 0.1) is 16.7 Å². The van der Waals surface area contributed by atoms with Crippen LogP contribution in [0.15, 0.2) is 61.2 Å². The summed E-state index contributed by atoms with van der Waals surface area (Å²) < 4.78 is 11.2. The van der Waals surface area contributed by atoms with E-state index in [1.165, 1.54) is 22.5 Å². The van der Waals surface area contributed by atoms with E-state index in [9.17, 15) is 9.59 Å². The first-order valence-electron chi connectivity index (χ1n) is 11.2. The van der Waals surface area contributed by atoms with Crippen LogP contribution in [0.2, 0.25) is 0 Å². The molecule has 0 spiro atoms. The van der Waals surface area contributed by atoms with Crippen molar-refractivity contribution in [3.63, 3.8) is 0 Å². The summed E-state index contributed by atoms with van der Waals surface area (Å²) in [6, 6.07) is 15.8. The lowest BCUT2D eigenvalue weighted by atomic mass is 9.98. The van der Waals surface area contributed by atoms with E-state index in [0.29, 0.717) is 15.6 Å². The van der Waals surface area contributed by atoms with E-state index in [2.05, 4.69) is 41.1 Å². The van der Waals surface area contributed by atoms with E-state index in [1.54, 1.807) is 26.8 Å². The maximum atomic E-state index is 12.7. The predicted molar refractivity (Wildman–Crippen MR) is 133 cm³/mol. The number of hydrogen-bond donors (Lipinski definition) is 1. The van der Waals surface area contributed by atoms with Crippen molar-refractivity contribution in [3.05, 3.63) is 87.9 Å². The normalized spacial score (nSPS) is 13.5. The van der Waals surface area contributed by atoms with Gasteiger partial charge < -0.3 is 14.8 Å². The number of aryl methyl sites for hydroxylation is 1. The molecule has 0 saturated heterocycles. The summed E-state index contributed by atoms with van der Waals surface area (Å²) in [4.78, 5) is 30.2. The Morgan fingerprint density at radius 1 is 1.15 bits per heavy atom. The monoisotopic (exact) mass is 476 g/mol. The SMILES string of the molecule is C=CC(C)(C)OC(=O)c1sc(C)nc1[C@H](C)NC(=O)OCC1c2ccccc2-c2ccccc21. The Morgan fingerprint density at radius 3 is 2.32 bits per heavy atom. The van der Waals surface area contributed by atoms with Gasteiger partial charge in [-0.15, -0.1) is 11.3 Å². The highest BCUT2D eigenvalue weighted by Crippen LogP contribution is 2.44. The molecular formula is C27H28N2O4S. The number of amides is 1. The molecular weight excluding hydrogens is 448 g/mol. The molecule has 0 fully saturated rings. The van der Waals surface area contributed by atoms with Crippen LogP contribution < -0.4 is 5.32 Å². The summed E-state index contributed by atoms with van der Waals surface area (Å²) in [6.07, 6.45) is 1.00. The minimum atomic E-state index is -0.810. The van der Waals surface area contributed by atoms with Gasteiger partial charge in [-0.05, 0) is 56.0 Å². The van der Waals surface area contributed by atoms with E-state index >= 15 is 0 Å². The van der Waals surface area contributed by atoms with Crippen molar-refractivity contribution in [2.24, 2.45) is 0 Å². The summed E-state index contributed by atoms with van der Waals surface area (Å²) in [6.45, 7) is 11.0. The fraction of sp³-hybridized carbons (Fsp3) is 0.296. The van der Waals surface area contributed by atoms with Crippen molar-refractivity contribution in [1.29, 1.82) is 0 Å². The second-order valence-corrected chi connectivity index (χ2v) is 10.0. The van der Waals surface area contributed by atoms with Crippen molar-refractivity contribution >= 4 is 23.4 Å². The Bertz CT molecular complexity index is 1200. The maximum absolute atomic E-state index is 12.7. The number of hydrogen-bond acceptors (Lipinski definition) is 6. The van der Waals surface area contributed by atoms with Gasteiger partial charge in [0.2, 0.25) is 0 Å². The molecule has 1 atom stereocenters. The molecule has 0 aliphatic heterocycles. The molecule has 0 unspecified atom stereocenters. The number of nitrogens with one attached hydrogen (secondary N) is 1. The molecule has 2 aromatic carbocycles. The molecule has 1 N–H and O–H groups in total. The van der Waals surface area contributed by atoms with Gasteiger partial charge in [-0.25, -0.2) is 14.6 Å². The number of ether oxygens (including phenoxy) is 2. The standard InChI is InChI=1S/C27H28N2O4S/c1-6-27(4,5)33-25(30)24-23(29-17(3)34-24)16(2)28-26(31)32-15-22-20-13-9-7-11-18(20)19-12-8-10-14-21(19)22/h6-14,16,22H,1,15H2,2-5H3,(H,28,31)/t16-/m0/s1. The van der Waals surface area contributed by atoms with Gasteiger partial charge in [-0.3, -0.25) is 0 Å². The Balaban J connectivity index is 1.44. The zero-order valence-electron chi connectivity index (χ0n) is 19.8. The Morgan fingerprint density at radius 2 is 1.74 bits per heavy atom. The second-order valence-electron chi connectivity index (χ2n) is 8.84. The van der Waals surface area contributed by atoms with Crippen LogP contribution in [0.4, 0.5) is 4.79 Å². The number of nitrogens with zero attached hydrogens (tertiary/aromatic N) is 1. The molecule has 0 saturated carbocycles. The Hall–Kier alpha value is -3.45. The average molecular weight is 477 g/mol. The van der Waals surface area contributed by atoms with Crippen LogP contribution in [0.25, 0.3) is 11.1 Å². The number of fused-ring (bicyclic) bond motifs is 3. The van der Waals surface area contributed by atoms with Crippen LogP contribution in [0, 0.1) is 6.92 Å². The fourth-order valence-electron chi connectivity index (χ4n) is 4.10. The molecule has 3 aromatic rings. The van der Waals surface area contributed by atoms with E-state index < -0.39 is 23.7 Å². The highest BCUT2D eigenvalue weighted by atomic mass is 32.1. The molecule has 1 aliphatic carbocycles. The lowest BCUT2D eigenvalue weighted by Gasteiger charge is -2.21. The third kappa shape index (κ3) is 4.75. The molecule has 6 nitrogen and oxygen atoms in total. The molecule has 34 heavy (non-hydrogen) atoms. The fourth-order valence-corrected chi connectivity index (χ4v) is 4.99. The van der Waals surface area contributed by atoms with E-state index in [4.69, 9.17) is 9.47 Å². The highest BCUT2D eigenvalue weighted by Gasteiger charge is 2.30. The molecule has 1 amide bonds. The van der Waals surface area contributed by atoms with Crippen LogP contribution in [-0.4, -0.2) is 29.3 Å². The van der Waals surface area contributed by atoms with Crippen molar-refractivity contribution in [3.8, 4) is 11.1 Å². The first kappa shape index (κ1) is 23.7. The summed E-state index contributed by atoms with van der Waals surface area (Å²) in [5.41, 5.74) is 4.29. The predicted octanol–water partition coefficient (Wildman–Crippen LogP) is 6.17. The zero-order valence-corrected chi connectivity index (χ0v) is 20.6. The van der Waals surface area contributed by atoms with Crippen LogP contribution in [0.5, 0.6) is 0 Å². The van der Waals surface area contributed by atoms with Gasteiger partial charge in [0.25, 0.3) is 0 Å². The molecule has 7 heteroatoms. The zero-order chi connectivity index (χ0) is 24.5. The number of thiazole rings is 1. The van der Waals surface area contributed by atoms with Gasteiger partial charge in [-0.1, -0.05) is 55.1 Å². The van der Waals surface area contributed by atoms with Crippen LogP contribution in [0.1, 0.15) is 64.2 Å². The molecule has 176 valence electrons. The Labute approximate surface area is 203 Å². The number of carbonyl (C=O) groups is 2. The van der Waals surface area contributed by atoms with Crippen molar-refractivity contribution < 1.29 is 19.1 Å². The van der Waals surface area contributed by atoms with Crippen molar-refractivity contribution in [2.45, 2.75) is 45.3 Å². The molecule has 0 radical (unpaired) electrons. The molecule has 0 bridgehead atoms. The lowest BCUT2D eigenvalue weighted by molar-refractivity contribution is 0.0178. The first-order valence-corrected chi connectivity index (χ1v) is 12.0. The van der Waals surface area contributed by atoms with Gasteiger partial charge in [0, 0.05) is 5.92 Å². The van der Waals surface area contributed by atoms with Crippen molar-refractivity contribution in [1.82, 2.24) is 10.3 Å². The summed E-state index contributed by atoms with van der Waals surface area (Å²) in [5.74, 6) is -0.520. The van der Waals surface area contributed by atoms with Gasteiger partial charge in [0.15, 0.2) is 0 Å². The van der Waals surface area contributed by atoms with Gasteiger partial charge in [-0.2, -0.15) is 0 Å². The number of rotatable bonds is 7. The smallest absolute Gasteiger partial charge is 0.407 e. The van der Waals surface area contributed by atoms with E-state index in [1.807, 2.05) is 31.2 Å². The summed E-state index contributed by atoms with van der Waals surface area (Å²) >= 11 is 1.24. The second kappa shape index (κ2) is 9.43. The largest absolute Gasteiger partial charge is 0.451 e. The van der Waals surface area contributed by atoms with Crippen LogP contribution in [0.3, 0.4) is 0 Å². The Kier molecular flexibility index (Phi) is 6.57. The average Bonchev–Trinajstić information content (AvgIpc) is 3.36. The maximum Gasteiger partial charge on any atom is 0.407 e. The minimum Gasteiger partial charge on any atom is -0.451 e. The van der Waals surface area contributed by atoms with Crippen LogP contribution in [-0.2, 0) is 9.47 Å². The minimum absolute atomic E-state index is 0.0263. The molecule has 4 rings (SSSR count). The number of carbonyl (C=O) groups excluding carboxylic acids is 2. The quantitative estimate of drug-likeness (QED) is 0.326. The number of aromatic nitrogens is 1. The lowest BCUT2D eigenvalue weighted by Crippen LogP contribution is -2.30. The number of benzene rings is 2. The molecule has 1 aliphatic rings. The summed E-state index contributed by atoms with van der Waals surface area (Å²) in [5, 5.41) is 3.52. The van der Waals surface area contributed by atoms with Crippen LogP contribution >= 0.6 is 11.3 Å². The first-order chi connectivity index (χ1) is 16.2. The van der Waals surface area contributed by atoms with Crippen molar-refractivity contribution in [2.75, 3.05) is 6.61 Å². The van der Waals surface area contributed by atoms with Gasteiger partial charge >= 0.3 is 12.1 Å². The molecule has 1 heterocycles. The number of esters is 1. The van der Waals surface area contributed by atoms with Gasteiger partial charge in [0.1, 0.15) is 17.1 Å². The number of alkyl carbamates (subject to hydrolysis) is 1. The highest BCUT2D eigenvalue weighted by molar-refractivity contribution is 7.13.